The second-order valence-electron chi connectivity index (χ2n) is 7.77. The zero-order valence-corrected chi connectivity index (χ0v) is 18.2. The maximum atomic E-state index is 13.0. The van der Waals surface area contributed by atoms with E-state index in [0.717, 1.165) is 31.5 Å². The molecule has 0 saturated heterocycles. The predicted molar refractivity (Wildman–Crippen MR) is 112 cm³/mol. The molecule has 1 heterocycles. The molecule has 0 spiro atoms. The normalized spacial score (nSPS) is 11.8. The number of aromatic nitrogens is 2. The number of aryl methyl sites for hydroxylation is 1. The fourth-order valence-electron chi connectivity index (χ4n) is 2.86. The van der Waals surface area contributed by atoms with Crippen LogP contribution < -0.4 is 10.9 Å². The number of halogens is 5. The van der Waals surface area contributed by atoms with Gasteiger partial charge in [0, 0.05) is 13.0 Å². The highest BCUT2D eigenvalue weighted by atomic mass is 35.5. The van der Waals surface area contributed by atoms with Gasteiger partial charge in [-0.3, -0.25) is 9.36 Å². The monoisotopic (exact) mass is 441 g/mol. The smallest absolute Gasteiger partial charge is 0.320 e. The second-order valence-corrected chi connectivity index (χ2v) is 7.77. The number of hydrogen-bond acceptors (Lipinski definition) is 3. The van der Waals surface area contributed by atoms with Crippen LogP contribution in [0.2, 0.25) is 0 Å². The maximum absolute atomic E-state index is 13.0. The standard InChI is InChI=1S/C19H26F3N3O.2ClH/c1-18(2,3)12-25-16(7-5-6-10-23-4)24-15-11-13(19(20,21)22)8-9-14(15)17(25)26;;/h8-9,11,23H,5-7,10,12H2,1-4H3;2*1H. The van der Waals surface area contributed by atoms with E-state index in [2.05, 4.69) is 10.3 Å². The highest BCUT2D eigenvalue weighted by Crippen LogP contribution is 2.30. The van der Waals surface area contributed by atoms with Gasteiger partial charge in [0.05, 0.1) is 16.5 Å². The summed E-state index contributed by atoms with van der Waals surface area (Å²) in [7, 11) is 1.86. The van der Waals surface area contributed by atoms with Crippen LogP contribution in [0.3, 0.4) is 0 Å². The Morgan fingerprint density at radius 2 is 1.75 bits per heavy atom. The molecule has 0 aliphatic carbocycles. The number of nitrogens with one attached hydrogen (secondary N) is 1. The third kappa shape index (κ3) is 6.94. The molecule has 0 atom stereocenters. The fraction of sp³-hybridized carbons (Fsp3) is 0.579. The van der Waals surface area contributed by atoms with Gasteiger partial charge in [-0.25, -0.2) is 4.98 Å². The SMILES string of the molecule is CNCCCCc1nc2cc(C(F)(F)F)ccc2c(=O)n1CC(C)(C)C.Cl.Cl. The fourth-order valence-corrected chi connectivity index (χ4v) is 2.86. The van der Waals surface area contributed by atoms with Crippen molar-refractivity contribution in [3.63, 3.8) is 0 Å². The molecule has 2 rings (SSSR count). The van der Waals surface area contributed by atoms with Gasteiger partial charge in [-0.15, -0.1) is 24.8 Å². The Morgan fingerprint density at radius 1 is 1.11 bits per heavy atom. The first kappa shape index (κ1) is 26.7. The Bertz CT molecular complexity index is 830. The Balaban J connectivity index is 0.00000364. The van der Waals surface area contributed by atoms with Crippen molar-refractivity contribution in [1.82, 2.24) is 14.9 Å². The van der Waals surface area contributed by atoms with Gasteiger partial charge < -0.3 is 5.32 Å². The van der Waals surface area contributed by atoms with Crippen LogP contribution in [0.1, 0.15) is 45.0 Å². The average Bonchev–Trinajstić information content (AvgIpc) is 2.52. The van der Waals surface area contributed by atoms with Crippen LogP contribution >= 0.6 is 24.8 Å². The number of alkyl halides is 3. The van der Waals surface area contributed by atoms with Gasteiger partial charge in [0.2, 0.25) is 0 Å². The number of fused-ring (bicyclic) bond motifs is 1. The summed E-state index contributed by atoms with van der Waals surface area (Å²) in [6, 6.07) is 3.14. The lowest BCUT2D eigenvalue weighted by Crippen LogP contribution is -2.31. The molecular weight excluding hydrogens is 414 g/mol. The van der Waals surface area contributed by atoms with Crippen LogP contribution in [0.4, 0.5) is 13.2 Å². The van der Waals surface area contributed by atoms with E-state index in [4.69, 9.17) is 0 Å². The number of benzene rings is 1. The van der Waals surface area contributed by atoms with Gasteiger partial charge in [0.15, 0.2) is 0 Å². The summed E-state index contributed by atoms with van der Waals surface area (Å²) in [4.78, 5) is 17.3. The van der Waals surface area contributed by atoms with Crippen molar-refractivity contribution in [2.45, 2.75) is 52.8 Å². The highest BCUT2D eigenvalue weighted by molar-refractivity contribution is 5.85. The molecule has 160 valence electrons. The number of rotatable bonds is 6. The highest BCUT2D eigenvalue weighted by Gasteiger charge is 2.31. The summed E-state index contributed by atoms with van der Waals surface area (Å²) in [6.45, 7) is 7.36. The Labute approximate surface area is 175 Å². The molecule has 1 aromatic heterocycles. The number of nitrogens with zero attached hydrogens (tertiary/aromatic N) is 2. The van der Waals surface area contributed by atoms with Crippen molar-refractivity contribution < 1.29 is 13.2 Å². The molecule has 0 aliphatic heterocycles. The minimum Gasteiger partial charge on any atom is -0.320 e. The molecule has 0 unspecified atom stereocenters. The molecule has 0 radical (unpaired) electrons. The van der Waals surface area contributed by atoms with Crippen molar-refractivity contribution >= 4 is 35.7 Å². The summed E-state index contributed by atoms with van der Waals surface area (Å²) >= 11 is 0. The van der Waals surface area contributed by atoms with E-state index in [0.29, 0.717) is 18.8 Å². The third-order valence-corrected chi connectivity index (χ3v) is 4.07. The molecule has 28 heavy (non-hydrogen) atoms. The van der Waals surface area contributed by atoms with Crippen LogP contribution in [0.5, 0.6) is 0 Å². The molecule has 1 N–H and O–H groups in total. The van der Waals surface area contributed by atoms with Gasteiger partial charge in [-0.05, 0) is 50.0 Å². The molecular formula is C19H28Cl2F3N3O. The van der Waals surface area contributed by atoms with Crippen molar-refractivity contribution in [3.8, 4) is 0 Å². The second kappa shape index (κ2) is 10.5. The summed E-state index contributed by atoms with van der Waals surface area (Å²) in [5.74, 6) is 0.549. The summed E-state index contributed by atoms with van der Waals surface area (Å²) in [5.41, 5.74) is -1.10. The van der Waals surface area contributed by atoms with Crippen molar-refractivity contribution in [2.24, 2.45) is 5.41 Å². The van der Waals surface area contributed by atoms with Gasteiger partial charge in [-0.2, -0.15) is 13.2 Å². The first-order valence-electron chi connectivity index (χ1n) is 8.78. The molecule has 0 amide bonds. The number of hydrogen-bond donors (Lipinski definition) is 1. The van der Waals surface area contributed by atoms with Crippen molar-refractivity contribution in [1.29, 1.82) is 0 Å². The molecule has 0 bridgehead atoms. The maximum Gasteiger partial charge on any atom is 0.416 e. The minimum absolute atomic E-state index is 0. The summed E-state index contributed by atoms with van der Waals surface area (Å²) in [5, 5.41) is 3.28. The number of unbranched alkanes of at least 4 members (excludes halogenated alkanes) is 1. The van der Waals surface area contributed by atoms with E-state index < -0.39 is 11.7 Å². The first-order chi connectivity index (χ1) is 12.0. The Kier molecular flexibility index (Phi) is 9.97. The molecule has 0 fully saturated rings. The zero-order chi connectivity index (χ0) is 19.5. The zero-order valence-electron chi connectivity index (χ0n) is 16.5. The van der Waals surface area contributed by atoms with E-state index in [-0.39, 0.29) is 46.7 Å². The Hall–Kier alpha value is -1.31. The summed E-state index contributed by atoms with van der Waals surface area (Å²) in [6.07, 6.45) is -2.19. The van der Waals surface area contributed by atoms with E-state index in [1.807, 2.05) is 27.8 Å². The van der Waals surface area contributed by atoms with Gasteiger partial charge >= 0.3 is 6.18 Å². The average molecular weight is 442 g/mol. The van der Waals surface area contributed by atoms with Gasteiger partial charge in [0.1, 0.15) is 5.82 Å². The van der Waals surface area contributed by atoms with E-state index >= 15 is 0 Å². The molecule has 0 aliphatic rings. The molecule has 9 heteroatoms. The van der Waals surface area contributed by atoms with E-state index in [9.17, 15) is 18.0 Å². The lowest BCUT2D eigenvalue weighted by molar-refractivity contribution is -0.137. The quantitative estimate of drug-likeness (QED) is 0.651. The van der Waals surface area contributed by atoms with Crippen LogP contribution in [0.25, 0.3) is 10.9 Å². The molecule has 0 saturated carbocycles. The van der Waals surface area contributed by atoms with Crippen LogP contribution in [0, 0.1) is 5.41 Å². The molecule has 1 aromatic carbocycles. The largest absolute Gasteiger partial charge is 0.416 e. The Morgan fingerprint density at radius 3 is 2.29 bits per heavy atom. The molecule has 2 aromatic rings. The minimum atomic E-state index is -4.46. The van der Waals surface area contributed by atoms with Gasteiger partial charge in [-0.1, -0.05) is 20.8 Å². The predicted octanol–water partition coefficient (Wildman–Crippen LogP) is 4.85. The van der Waals surface area contributed by atoms with Gasteiger partial charge in [0.25, 0.3) is 5.56 Å². The lowest BCUT2D eigenvalue weighted by atomic mass is 9.96. The van der Waals surface area contributed by atoms with Crippen molar-refractivity contribution in [2.75, 3.05) is 13.6 Å². The first-order valence-corrected chi connectivity index (χ1v) is 8.78. The third-order valence-electron chi connectivity index (χ3n) is 4.07. The topological polar surface area (TPSA) is 46.9 Å². The lowest BCUT2D eigenvalue weighted by Gasteiger charge is -2.22. The van der Waals surface area contributed by atoms with E-state index in [1.54, 1.807) is 4.57 Å². The van der Waals surface area contributed by atoms with Crippen LogP contribution in [-0.4, -0.2) is 23.1 Å². The van der Waals surface area contributed by atoms with Crippen LogP contribution in [0.15, 0.2) is 23.0 Å². The summed E-state index contributed by atoms with van der Waals surface area (Å²) < 4.78 is 40.6. The molecule has 4 nitrogen and oxygen atoms in total. The van der Waals surface area contributed by atoms with Crippen LogP contribution in [-0.2, 0) is 19.1 Å². The van der Waals surface area contributed by atoms with E-state index in [1.165, 1.54) is 6.07 Å². The van der Waals surface area contributed by atoms with Crippen molar-refractivity contribution in [3.05, 3.63) is 39.9 Å².